The fraction of sp³-hybridized carbons (Fsp3) is 0.143. The van der Waals surface area contributed by atoms with Gasteiger partial charge in [0.25, 0.3) is 5.91 Å². The molecule has 2 heterocycles. The van der Waals surface area contributed by atoms with Crippen LogP contribution in [0.15, 0.2) is 83.4 Å². The van der Waals surface area contributed by atoms with Crippen LogP contribution >= 0.6 is 0 Å². The van der Waals surface area contributed by atoms with Crippen molar-refractivity contribution >= 4 is 34.3 Å². The summed E-state index contributed by atoms with van der Waals surface area (Å²) in [5.41, 5.74) is 5.15. The molecule has 0 radical (unpaired) electrons. The van der Waals surface area contributed by atoms with E-state index >= 15 is 0 Å². The molecule has 3 aromatic carbocycles. The molecule has 0 saturated carbocycles. The van der Waals surface area contributed by atoms with E-state index in [0.29, 0.717) is 41.7 Å². The molecular formula is C28H26N6O2. The lowest BCUT2D eigenvalue weighted by Gasteiger charge is -2.11. The number of nitrogens with zero attached hydrogens (tertiary/aromatic N) is 3. The average molecular weight is 479 g/mol. The minimum Gasteiger partial charge on any atom is -0.355 e. The van der Waals surface area contributed by atoms with Gasteiger partial charge in [-0.05, 0) is 44.2 Å². The van der Waals surface area contributed by atoms with E-state index in [2.05, 4.69) is 38.0 Å². The van der Waals surface area contributed by atoms with E-state index in [4.69, 9.17) is 4.52 Å². The van der Waals surface area contributed by atoms with Crippen LogP contribution < -0.4 is 16.0 Å². The predicted octanol–water partition coefficient (Wildman–Crippen LogP) is 5.49. The highest BCUT2D eigenvalue weighted by Gasteiger charge is 2.14. The molecule has 0 atom stereocenters. The van der Waals surface area contributed by atoms with Crippen LogP contribution in [0.5, 0.6) is 0 Å². The van der Waals surface area contributed by atoms with E-state index in [9.17, 15) is 4.79 Å². The minimum atomic E-state index is -0.175. The molecule has 5 rings (SSSR count). The smallest absolute Gasteiger partial charge is 0.251 e. The van der Waals surface area contributed by atoms with Gasteiger partial charge in [0, 0.05) is 41.7 Å². The number of hydrogen-bond donors (Lipinski definition) is 3. The van der Waals surface area contributed by atoms with Crippen molar-refractivity contribution in [3.8, 4) is 11.3 Å². The number of fused-ring (bicyclic) bond motifs is 1. The molecule has 0 fully saturated rings. The van der Waals surface area contributed by atoms with Crippen LogP contribution in [0.1, 0.15) is 21.6 Å². The summed E-state index contributed by atoms with van der Waals surface area (Å²) in [6, 6.07) is 25.1. The first kappa shape index (κ1) is 23.0. The predicted molar refractivity (Wildman–Crippen MR) is 141 cm³/mol. The summed E-state index contributed by atoms with van der Waals surface area (Å²) in [5, 5.41) is 14.3. The number of benzene rings is 3. The first-order chi connectivity index (χ1) is 17.5. The maximum Gasteiger partial charge on any atom is 0.251 e. The van der Waals surface area contributed by atoms with Crippen molar-refractivity contribution in [2.24, 2.45) is 0 Å². The highest BCUT2D eigenvalue weighted by Crippen LogP contribution is 2.29. The Balaban J connectivity index is 1.19. The molecule has 8 nitrogen and oxygen atoms in total. The zero-order valence-corrected chi connectivity index (χ0v) is 20.1. The highest BCUT2D eigenvalue weighted by atomic mass is 16.5. The van der Waals surface area contributed by atoms with E-state index < -0.39 is 0 Å². The van der Waals surface area contributed by atoms with Crippen molar-refractivity contribution in [1.82, 2.24) is 20.4 Å². The lowest BCUT2D eigenvalue weighted by molar-refractivity contribution is 0.0955. The average Bonchev–Trinajstić information content (AvgIpc) is 3.31. The fourth-order valence-electron chi connectivity index (χ4n) is 3.83. The Morgan fingerprint density at radius 2 is 1.69 bits per heavy atom. The second kappa shape index (κ2) is 10.3. The normalized spacial score (nSPS) is 10.8. The number of nitrogens with one attached hydrogen (secondary N) is 3. The van der Waals surface area contributed by atoms with Crippen LogP contribution in [0.3, 0.4) is 0 Å². The van der Waals surface area contributed by atoms with Gasteiger partial charge < -0.3 is 20.5 Å². The van der Waals surface area contributed by atoms with Gasteiger partial charge in [0.15, 0.2) is 5.76 Å². The van der Waals surface area contributed by atoms with Crippen molar-refractivity contribution in [3.63, 3.8) is 0 Å². The Hall–Kier alpha value is -4.72. The molecule has 0 spiro atoms. The summed E-state index contributed by atoms with van der Waals surface area (Å²) < 4.78 is 5.53. The quantitative estimate of drug-likeness (QED) is 0.253. The third-order valence-corrected chi connectivity index (χ3v) is 5.65. The number of carbonyl (C=O) groups excluding carboxylic acids is 1. The van der Waals surface area contributed by atoms with Gasteiger partial charge in [-0.1, -0.05) is 53.2 Å². The topological polar surface area (TPSA) is 105 Å². The van der Waals surface area contributed by atoms with Crippen molar-refractivity contribution < 1.29 is 9.32 Å². The summed E-state index contributed by atoms with van der Waals surface area (Å²) >= 11 is 0. The minimum absolute atomic E-state index is 0.175. The van der Waals surface area contributed by atoms with Crippen molar-refractivity contribution in [2.45, 2.75) is 13.8 Å². The number of aromatic nitrogens is 3. The van der Waals surface area contributed by atoms with Crippen molar-refractivity contribution in [1.29, 1.82) is 0 Å². The Kier molecular flexibility index (Phi) is 6.57. The van der Waals surface area contributed by atoms with Crippen LogP contribution in [-0.4, -0.2) is 34.1 Å². The first-order valence-electron chi connectivity index (χ1n) is 11.7. The van der Waals surface area contributed by atoms with Crippen molar-refractivity contribution in [2.75, 3.05) is 23.7 Å². The van der Waals surface area contributed by atoms with Gasteiger partial charge in [0.2, 0.25) is 5.95 Å². The molecular weight excluding hydrogens is 452 g/mol. The Labute approximate surface area is 208 Å². The SMILES string of the molecule is Cc1ccc(Nc2cc(C)nc(NCCNC(=O)c3ccc4noc(-c5ccccc5)c4c3)n2)cc1. The lowest BCUT2D eigenvalue weighted by Crippen LogP contribution is -2.29. The van der Waals surface area contributed by atoms with Gasteiger partial charge in [0.05, 0.1) is 5.39 Å². The standard InChI is InChI=1S/C28H26N6O2/c1-18-8-11-22(12-9-18)32-25-16-19(2)31-28(33-25)30-15-14-29-27(35)21-10-13-24-23(17-21)26(36-34-24)20-6-4-3-5-7-20/h3-13,16-17H,14-15H2,1-2H3,(H,29,35)(H2,30,31,32,33). The fourth-order valence-corrected chi connectivity index (χ4v) is 3.83. The van der Waals surface area contributed by atoms with E-state index in [1.54, 1.807) is 12.1 Å². The van der Waals surface area contributed by atoms with E-state index in [-0.39, 0.29) is 5.91 Å². The number of hydrogen-bond acceptors (Lipinski definition) is 7. The van der Waals surface area contributed by atoms with Gasteiger partial charge >= 0.3 is 0 Å². The summed E-state index contributed by atoms with van der Waals surface area (Å²) in [6.45, 7) is 4.85. The summed E-state index contributed by atoms with van der Waals surface area (Å²) in [6.07, 6.45) is 0. The third-order valence-electron chi connectivity index (χ3n) is 5.65. The van der Waals surface area contributed by atoms with Gasteiger partial charge in [-0.15, -0.1) is 0 Å². The van der Waals surface area contributed by atoms with E-state index in [1.165, 1.54) is 5.56 Å². The molecule has 1 amide bonds. The first-order valence-corrected chi connectivity index (χ1v) is 11.7. The van der Waals surface area contributed by atoms with Gasteiger partial charge in [-0.25, -0.2) is 4.98 Å². The van der Waals surface area contributed by atoms with Crippen LogP contribution in [0.25, 0.3) is 22.2 Å². The molecule has 0 saturated heterocycles. The van der Waals surface area contributed by atoms with Gasteiger partial charge in [-0.2, -0.15) is 4.98 Å². The molecule has 36 heavy (non-hydrogen) atoms. The number of aryl methyl sites for hydroxylation is 2. The zero-order chi connectivity index (χ0) is 24.9. The molecule has 0 unspecified atom stereocenters. The summed E-state index contributed by atoms with van der Waals surface area (Å²) in [4.78, 5) is 21.7. The maximum absolute atomic E-state index is 12.8. The molecule has 3 N–H and O–H groups in total. The van der Waals surface area contributed by atoms with E-state index in [0.717, 1.165) is 22.3 Å². The van der Waals surface area contributed by atoms with Gasteiger partial charge in [0.1, 0.15) is 11.3 Å². The molecule has 8 heteroatoms. The molecule has 180 valence electrons. The zero-order valence-electron chi connectivity index (χ0n) is 20.1. The highest BCUT2D eigenvalue weighted by molar-refractivity contribution is 6.01. The maximum atomic E-state index is 12.8. The van der Waals surface area contributed by atoms with Crippen LogP contribution in [-0.2, 0) is 0 Å². The van der Waals surface area contributed by atoms with Crippen molar-refractivity contribution in [3.05, 3.63) is 95.7 Å². The molecule has 2 aromatic heterocycles. The summed E-state index contributed by atoms with van der Waals surface area (Å²) in [7, 11) is 0. The van der Waals surface area contributed by atoms with Crippen LogP contribution in [0.4, 0.5) is 17.5 Å². The number of carbonyl (C=O) groups is 1. The number of rotatable bonds is 8. The Morgan fingerprint density at radius 1 is 0.889 bits per heavy atom. The lowest BCUT2D eigenvalue weighted by atomic mass is 10.1. The molecule has 0 aliphatic rings. The molecule has 0 aliphatic heterocycles. The van der Waals surface area contributed by atoms with E-state index in [1.807, 2.05) is 73.7 Å². The number of anilines is 3. The van der Waals surface area contributed by atoms with Crippen LogP contribution in [0.2, 0.25) is 0 Å². The molecule has 0 bridgehead atoms. The van der Waals surface area contributed by atoms with Gasteiger partial charge in [-0.3, -0.25) is 4.79 Å². The Bertz CT molecular complexity index is 1500. The third kappa shape index (κ3) is 5.33. The molecule has 0 aliphatic carbocycles. The second-order valence-corrected chi connectivity index (χ2v) is 8.50. The monoisotopic (exact) mass is 478 g/mol. The Morgan fingerprint density at radius 3 is 2.50 bits per heavy atom. The number of amides is 1. The molecule has 5 aromatic rings. The summed E-state index contributed by atoms with van der Waals surface area (Å²) in [5.74, 6) is 1.67. The second-order valence-electron chi connectivity index (χ2n) is 8.50. The largest absolute Gasteiger partial charge is 0.355 e. The van der Waals surface area contributed by atoms with Crippen LogP contribution in [0, 0.1) is 13.8 Å².